The zero-order chi connectivity index (χ0) is 8.43. The second-order valence-electron chi connectivity index (χ2n) is 3.92. The summed E-state index contributed by atoms with van der Waals surface area (Å²) in [7, 11) is 0. The molecule has 0 aromatic heterocycles. The molecule has 1 atom stereocenters. The van der Waals surface area contributed by atoms with Gasteiger partial charge in [0.25, 0.3) is 0 Å². The third kappa shape index (κ3) is 2.29. The highest BCUT2D eigenvalue weighted by Crippen LogP contribution is 2.14. The normalized spacial score (nSPS) is 26.9. The number of nitrogens with zero attached hydrogens (tertiary/aromatic N) is 1. The summed E-state index contributed by atoms with van der Waals surface area (Å²) in [6.07, 6.45) is 0.757. The Bertz CT molecular complexity index is 154. The van der Waals surface area contributed by atoms with Gasteiger partial charge in [-0.05, 0) is 12.8 Å². The molecular weight excluding hydrogens is 138 g/mol. The van der Waals surface area contributed by atoms with Crippen molar-refractivity contribution in [3.8, 4) is 0 Å². The van der Waals surface area contributed by atoms with Gasteiger partial charge in [-0.15, -0.1) is 0 Å². The molecule has 0 radical (unpaired) electrons. The molecule has 11 heavy (non-hydrogen) atoms. The minimum Gasteiger partial charge on any atom is -0.298 e. The number of ketones is 1. The van der Waals surface area contributed by atoms with Crippen molar-refractivity contribution < 1.29 is 4.79 Å². The van der Waals surface area contributed by atoms with Crippen LogP contribution in [0, 0.1) is 5.92 Å². The van der Waals surface area contributed by atoms with Crippen molar-refractivity contribution in [3.63, 3.8) is 0 Å². The first-order valence-corrected chi connectivity index (χ1v) is 4.35. The summed E-state index contributed by atoms with van der Waals surface area (Å²) in [6.45, 7) is 8.25. The Kier molecular flexibility index (Phi) is 2.66. The summed E-state index contributed by atoms with van der Waals surface area (Å²) in [5, 5.41) is 0. The largest absolute Gasteiger partial charge is 0.298 e. The molecular formula is C9H17NO. The Morgan fingerprint density at radius 1 is 1.64 bits per heavy atom. The Hall–Kier alpha value is -0.370. The van der Waals surface area contributed by atoms with Gasteiger partial charge in [0.2, 0.25) is 0 Å². The second-order valence-corrected chi connectivity index (χ2v) is 3.92. The molecule has 1 aliphatic heterocycles. The SMILES string of the molecule is CC(C)CN1CC(=O)C[C@@H]1C. The van der Waals surface area contributed by atoms with E-state index < -0.39 is 0 Å². The van der Waals surface area contributed by atoms with Crippen molar-refractivity contribution in [1.29, 1.82) is 0 Å². The molecule has 0 N–H and O–H groups in total. The number of carbonyl (C=O) groups is 1. The zero-order valence-electron chi connectivity index (χ0n) is 7.63. The first kappa shape index (κ1) is 8.72. The van der Waals surface area contributed by atoms with Crippen LogP contribution in [-0.4, -0.2) is 29.8 Å². The van der Waals surface area contributed by atoms with Gasteiger partial charge in [-0.1, -0.05) is 13.8 Å². The molecule has 2 heteroatoms. The number of hydrogen-bond acceptors (Lipinski definition) is 2. The number of rotatable bonds is 2. The van der Waals surface area contributed by atoms with Crippen molar-refractivity contribution in [2.75, 3.05) is 13.1 Å². The molecule has 0 aromatic carbocycles. The molecule has 1 rings (SSSR count). The maximum atomic E-state index is 11.0. The van der Waals surface area contributed by atoms with Gasteiger partial charge in [0.05, 0.1) is 6.54 Å². The number of hydrogen-bond donors (Lipinski definition) is 0. The van der Waals surface area contributed by atoms with Crippen LogP contribution in [0.15, 0.2) is 0 Å². The minimum atomic E-state index is 0.401. The van der Waals surface area contributed by atoms with Crippen LogP contribution in [0.4, 0.5) is 0 Å². The molecule has 0 unspecified atom stereocenters. The summed E-state index contributed by atoms with van der Waals surface area (Å²) >= 11 is 0. The van der Waals surface area contributed by atoms with Crippen LogP contribution in [0.2, 0.25) is 0 Å². The van der Waals surface area contributed by atoms with E-state index in [1.165, 1.54) is 0 Å². The van der Waals surface area contributed by atoms with Crippen LogP contribution in [-0.2, 0) is 4.79 Å². The van der Waals surface area contributed by atoms with E-state index in [1.807, 2.05) is 0 Å². The molecule has 0 amide bonds. The van der Waals surface area contributed by atoms with Gasteiger partial charge in [0.1, 0.15) is 5.78 Å². The fourth-order valence-electron chi connectivity index (χ4n) is 1.62. The lowest BCUT2D eigenvalue weighted by Crippen LogP contribution is -2.30. The van der Waals surface area contributed by atoms with Gasteiger partial charge in [-0.25, -0.2) is 0 Å². The smallest absolute Gasteiger partial charge is 0.148 e. The fraction of sp³-hybridized carbons (Fsp3) is 0.889. The quantitative estimate of drug-likeness (QED) is 0.599. The molecule has 1 heterocycles. The summed E-state index contributed by atoms with van der Waals surface area (Å²) in [5.74, 6) is 1.07. The topological polar surface area (TPSA) is 20.3 Å². The molecule has 2 nitrogen and oxygen atoms in total. The standard InChI is InChI=1S/C9H17NO/c1-7(2)5-10-6-9(11)4-8(10)3/h7-8H,4-6H2,1-3H3/t8-/m0/s1. The third-order valence-electron chi connectivity index (χ3n) is 2.13. The van der Waals surface area contributed by atoms with E-state index in [2.05, 4.69) is 25.7 Å². The van der Waals surface area contributed by atoms with Crippen LogP contribution < -0.4 is 0 Å². The van der Waals surface area contributed by atoms with Gasteiger partial charge in [0.15, 0.2) is 0 Å². The molecule has 1 aliphatic rings. The fourth-order valence-corrected chi connectivity index (χ4v) is 1.62. The van der Waals surface area contributed by atoms with Crippen molar-refractivity contribution in [1.82, 2.24) is 4.90 Å². The summed E-state index contributed by atoms with van der Waals surface area (Å²) < 4.78 is 0. The van der Waals surface area contributed by atoms with E-state index in [0.29, 0.717) is 24.3 Å². The third-order valence-corrected chi connectivity index (χ3v) is 2.13. The van der Waals surface area contributed by atoms with Gasteiger partial charge in [-0.2, -0.15) is 0 Å². The summed E-state index contributed by atoms with van der Waals surface area (Å²) in [6, 6.07) is 0.477. The number of Topliss-reactive ketones (excluding diaryl/α,β-unsaturated/α-hetero) is 1. The van der Waals surface area contributed by atoms with Crippen LogP contribution >= 0.6 is 0 Å². The lowest BCUT2D eigenvalue weighted by atomic mass is 10.2. The van der Waals surface area contributed by atoms with Crippen molar-refractivity contribution in [2.45, 2.75) is 33.2 Å². The predicted molar refractivity (Wildman–Crippen MR) is 45.5 cm³/mol. The van der Waals surface area contributed by atoms with Crippen LogP contribution in [0.25, 0.3) is 0 Å². The average Bonchev–Trinajstić information content (AvgIpc) is 2.09. The van der Waals surface area contributed by atoms with Gasteiger partial charge < -0.3 is 0 Å². The first-order chi connectivity index (χ1) is 5.09. The Labute approximate surface area is 68.6 Å². The van der Waals surface area contributed by atoms with Gasteiger partial charge >= 0.3 is 0 Å². The van der Waals surface area contributed by atoms with Crippen molar-refractivity contribution >= 4 is 5.78 Å². The van der Waals surface area contributed by atoms with E-state index >= 15 is 0 Å². The van der Waals surface area contributed by atoms with Crippen LogP contribution in [0.3, 0.4) is 0 Å². The molecule has 0 aliphatic carbocycles. The lowest BCUT2D eigenvalue weighted by Gasteiger charge is -2.21. The highest BCUT2D eigenvalue weighted by Gasteiger charge is 2.26. The maximum absolute atomic E-state index is 11.0. The number of likely N-dealkylation sites (tertiary alicyclic amines) is 1. The number of carbonyl (C=O) groups excluding carboxylic acids is 1. The minimum absolute atomic E-state index is 0.401. The molecule has 0 bridgehead atoms. The van der Waals surface area contributed by atoms with Crippen molar-refractivity contribution in [3.05, 3.63) is 0 Å². The van der Waals surface area contributed by atoms with Gasteiger partial charge in [-0.3, -0.25) is 9.69 Å². The Morgan fingerprint density at radius 3 is 2.64 bits per heavy atom. The van der Waals surface area contributed by atoms with E-state index in [4.69, 9.17) is 0 Å². The average molecular weight is 155 g/mol. The predicted octanol–water partition coefficient (Wildman–Crippen LogP) is 1.31. The van der Waals surface area contributed by atoms with Crippen LogP contribution in [0.1, 0.15) is 27.2 Å². The summed E-state index contributed by atoms with van der Waals surface area (Å²) in [5.41, 5.74) is 0. The molecule has 1 fully saturated rings. The van der Waals surface area contributed by atoms with Crippen LogP contribution in [0.5, 0.6) is 0 Å². The van der Waals surface area contributed by atoms with E-state index in [-0.39, 0.29) is 0 Å². The molecule has 1 saturated heterocycles. The highest BCUT2D eigenvalue weighted by atomic mass is 16.1. The lowest BCUT2D eigenvalue weighted by molar-refractivity contribution is -0.116. The van der Waals surface area contributed by atoms with Crippen molar-refractivity contribution in [2.24, 2.45) is 5.92 Å². The monoisotopic (exact) mass is 155 g/mol. The van der Waals surface area contributed by atoms with E-state index in [0.717, 1.165) is 13.0 Å². The zero-order valence-corrected chi connectivity index (χ0v) is 7.63. The first-order valence-electron chi connectivity index (χ1n) is 4.35. The molecule has 0 aromatic rings. The maximum Gasteiger partial charge on any atom is 0.148 e. The van der Waals surface area contributed by atoms with E-state index in [1.54, 1.807) is 0 Å². The Balaban J connectivity index is 2.40. The Morgan fingerprint density at radius 2 is 2.27 bits per heavy atom. The second kappa shape index (κ2) is 3.35. The highest BCUT2D eigenvalue weighted by molar-refractivity contribution is 5.83. The van der Waals surface area contributed by atoms with Gasteiger partial charge in [0, 0.05) is 19.0 Å². The molecule has 64 valence electrons. The van der Waals surface area contributed by atoms with E-state index in [9.17, 15) is 4.79 Å². The molecule has 0 spiro atoms. The molecule has 0 saturated carbocycles. The summed E-state index contributed by atoms with van der Waals surface area (Å²) in [4.78, 5) is 13.3.